The highest BCUT2D eigenvalue weighted by molar-refractivity contribution is 6.29. The molecule has 24 heavy (non-hydrogen) atoms. The summed E-state index contributed by atoms with van der Waals surface area (Å²) in [5.74, 6) is 0.0506. The fraction of sp³-hybridized carbons (Fsp3) is 0.200. The van der Waals surface area contributed by atoms with Crippen molar-refractivity contribution in [1.82, 2.24) is 10.3 Å². The smallest absolute Gasteiger partial charge is 0.404 e. The van der Waals surface area contributed by atoms with Crippen molar-refractivity contribution in [3.8, 4) is 0 Å². The van der Waals surface area contributed by atoms with E-state index in [1.807, 2.05) is 19.1 Å². The lowest BCUT2D eigenvalue weighted by Gasteiger charge is -2.13. The maximum atomic E-state index is 11.0. The Bertz CT molecular complexity index is 752. The number of pyridine rings is 1. The van der Waals surface area contributed by atoms with Gasteiger partial charge in [-0.25, -0.2) is 9.78 Å². The SMILES string of the molecule is CC(CNC(=O)O)c1ccc(Nc2nc(Cl)ccc2[N+](=O)[O-])cc1. The highest BCUT2D eigenvalue weighted by atomic mass is 35.5. The van der Waals surface area contributed by atoms with Crippen molar-refractivity contribution in [3.63, 3.8) is 0 Å². The highest BCUT2D eigenvalue weighted by Gasteiger charge is 2.16. The number of hydrogen-bond acceptors (Lipinski definition) is 5. The molecule has 2 aromatic rings. The Balaban J connectivity index is 2.13. The third kappa shape index (κ3) is 4.56. The van der Waals surface area contributed by atoms with E-state index >= 15 is 0 Å². The zero-order valence-corrected chi connectivity index (χ0v) is 13.4. The minimum atomic E-state index is -1.07. The summed E-state index contributed by atoms with van der Waals surface area (Å²) in [7, 11) is 0. The molecule has 1 amide bonds. The molecule has 8 nitrogen and oxygen atoms in total. The first-order valence-corrected chi connectivity index (χ1v) is 7.39. The van der Waals surface area contributed by atoms with E-state index in [-0.39, 0.29) is 22.6 Å². The molecule has 0 saturated heterocycles. The van der Waals surface area contributed by atoms with E-state index in [0.29, 0.717) is 12.2 Å². The second kappa shape index (κ2) is 7.60. The minimum absolute atomic E-state index is 0.00576. The zero-order chi connectivity index (χ0) is 17.7. The predicted molar refractivity (Wildman–Crippen MR) is 90.1 cm³/mol. The van der Waals surface area contributed by atoms with Crippen LogP contribution < -0.4 is 10.6 Å². The molecule has 0 saturated carbocycles. The lowest BCUT2D eigenvalue weighted by atomic mass is 10.0. The largest absolute Gasteiger partial charge is 0.465 e. The highest BCUT2D eigenvalue weighted by Crippen LogP contribution is 2.27. The van der Waals surface area contributed by atoms with Crippen molar-refractivity contribution in [3.05, 3.63) is 57.2 Å². The standard InChI is InChI=1S/C15H15ClN4O4/c1-9(8-17-15(21)22)10-2-4-11(5-3-10)18-14-12(20(23)24)6-7-13(16)19-14/h2-7,9,17H,8H2,1H3,(H,18,19)(H,21,22). The maximum Gasteiger partial charge on any atom is 0.404 e. The molecule has 0 aliphatic carbocycles. The lowest BCUT2D eigenvalue weighted by molar-refractivity contribution is -0.384. The van der Waals surface area contributed by atoms with Crippen molar-refractivity contribution in [2.45, 2.75) is 12.8 Å². The van der Waals surface area contributed by atoms with Gasteiger partial charge in [0.25, 0.3) is 0 Å². The van der Waals surface area contributed by atoms with E-state index in [4.69, 9.17) is 16.7 Å². The molecule has 0 fully saturated rings. The Morgan fingerprint density at radius 3 is 2.58 bits per heavy atom. The van der Waals surface area contributed by atoms with E-state index in [2.05, 4.69) is 15.6 Å². The van der Waals surface area contributed by atoms with E-state index in [0.717, 1.165) is 5.56 Å². The van der Waals surface area contributed by atoms with Crippen LogP contribution in [0.5, 0.6) is 0 Å². The summed E-state index contributed by atoms with van der Waals surface area (Å²) < 4.78 is 0. The number of nitrogens with one attached hydrogen (secondary N) is 2. The number of anilines is 2. The van der Waals surface area contributed by atoms with Gasteiger partial charge in [0.1, 0.15) is 5.15 Å². The number of halogens is 1. The molecule has 0 aliphatic rings. The van der Waals surface area contributed by atoms with Crippen LogP contribution in [0.15, 0.2) is 36.4 Å². The molecule has 0 aliphatic heterocycles. The number of benzene rings is 1. The van der Waals surface area contributed by atoms with Gasteiger partial charge in [0.05, 0.1) is 4.92 Å². The van der Waals surface area contributed by atoms with Crippen LogP contribution in [0.4, 0.5) is 22.0 Å². The number of hydrogen-bond donors (Lipinski definition) is 3. The second-order valence-electron chi connectivity index (χ2n) is 5.09. The fourth-order valence-electron chi connectivity index (χ4n) is 2.06. The van der Waals surface area contributed by atoms with Crippen molar-refractivity contribution in [2.24, 2.45) is 0 Å². The summed E-state index contributed by atoms with van der Waals surface area (Å²) in [4.78, 5) is 24.9. The van der Waals surface area contributed by atoms with Crippen LogP contribution in [0.3, 0.4) is 0 Å². The molecule has 1 atom stereocenters. The van der Waals surface area contributed by atoms with Gasteiger partial charge in [-0.3, -0.25) is 10.1 Å². The average Bonchev–Trinajstić information content (AvgIpc) is 2.53. The van der Waals surface area contributed by atoms with E-state index in [1.54, 1.807) is 12.1 Å². The van der Waals surface area contributed by atoms with Crippen LogP contribution in [0.1, 0.15) is 18.4 Å². The molecule has 0 spiro atoms. The molecule has 1 aromatic heterocycles. The summed E-state index contributed by atoms with van der Waals surface area (Å²) in [5.41, 5.74) is 1.36. The van der Waals surface area contributed by atoms with Gasteiger partial charge >= 0.3 is 11.8 Å². The van der Waals surface area contributed by atoms with Crippen LogP contribution >= 0.6 is 11.6 Å². The van der Waals surface area contributed by atoms with Gasteiger partial charge < -0.3 is 15.7 Å². The third-order valence-corrected chi connectivity index (χ3v) is 3.55. The molecule has 1 heterocycles. The van der Waals surface area contributed by atoms with Crippen LogP contribution in [-0.4, -0.2) is 27.7 Å². The molecule has 3 N–H and O–H groups in total. The summed E-state index contributed by atoms with van der Waals surface area (Å²) in [5, 5.41) is 25.0. The molecule has 2 rings (SSSR count). The summed E-state index contributed by atoms with van der Waals surface area (Å²) >= 11 is 5.79. The van der Waals surface area contributed by atoms with Gasteiger partial charge in [0, 0.05) is 18.3 Å². The molecule has 9 heteroatoms. The van der Waals surface area contributed by atoms with E-state index in [9.17, 15) is 14.9 Å². The van der Waals surface area contributed by atoms with Gasteiger partial charge in [0.2, 0.25) is 5.82 Å². The topological polar surface area (TPSA) is 117 Å². The zero-order valence-electron chi connectivity index (χ0n) is 12.7. The fourth-order valence-corrected chi connectivity index (χ4v) is 2.20. The second-order valence-corrected chi connectivity index (χ2v) is 5.48. The molecular formula is C15H15ClN4O4. The maximum absolute atomic E-state index is 11.0. The van der Waals surface area contributed by atoms with Gasteiger partial charge in [-0.15, -0.1) is 0 Å². The first-order valence-electron chi connectivity index (χ1n) is 7.01. The monoisotopic (exact) mass is 350 g/mol. The molecule has 1 aromatic carbocycles. The molecular weight excluding hydrogens is 336 g/mol. The van der Waals surface area contributed by atoms with E-state index < -0.39 is 11.0 Å². The summed E-state index contributed by atoms with van der Waals surface area (Å²) in [6, 6.07) is 9.73. The van der Waals surface area contributed by atoms with Gasteiger partial charge in [-0.05, 0) is 29.7 Å². The minimum Gasteiger partial charge on any atom is -0.465 e. The van der Waals surface area contributed by atoms with Crippen LogP contribution in [0.2, 0.25) is 5.15 Å². The van der Waals surface area contributed by atoms with Gasteiger partial charge in [-0.1, -0.05) is 30.7 Å². The first kappa shape index (κ1) is 17.5. The Morgan fingerprint density at radius 2 is 2.00 bits per heavy atom. The Labute approximate surface area is 142 Å². The quantitative estimate of drug-likeness (QED) is 0.415. The van der Waals surface area contributed by atoms with Crippen LogP contribution in [0, 0.1) is 10.1 Å². The van der Waals surface area contributed by atoms with Crippen molar-refractivity contribution in [1.29, 1.82) is 0 Å². The number of rotatable bonds is 6. The van der Waals surface area contributed by atoms with Gasteiger partial charge in [-0.2, -0.15) is 0 Å². The Morgan fingerprint density at radius 1 is 1.33 bits per heavy atom. The van der Waals surface area contributed by atoms with Crippen LogP contribution in [0.25, 0.3) is 0 Å². The third-order valence-electron chi connectivity index (χ3n) is 3.34. The Kier molecular flexibility index (Phi) is 5.54. The van der Waals surface area contributed by atoms with E-state index in [1.165, 1.54) is 12.1 Å². The normalized spacial score (nSPS) is 11.6. The van der Waals surface area contributed by atoms with Gasteiger partial charge in [0.15, 0.2) is 0 Å². The number of aromatic nitrogens is 1. The number of nitrogens with zero attached hydrogens (tertiary/aromatic N) is 2. The number of carbonyl (C=O) groups is 1. The molecule has 1 unspecified atom stereocenters. The Hall–Kier alpha value is -2.87. The van der Waals surface area contributed by atoms with Crippen LogP contribution in [-0.2, 0) is 0 Å². The molecule has 0 bridgehead atoms. The first-order chi connectivity index (χ1) is 11.4. The molecule has 126 valence electrons. The summed E-state index contributed by atoms with van der Waals surface area (Å²) in [6.07, 6.45) is -1.07. The molecule has 0 radical (unpaired) electrons. The average molecular weight is 351 g/mol. The number of nitro groups is 1. The predicted octanol–water partition coefficient (Wildman–Crippen LogP) is 3.76. The van der Waals surface area contributed by atoms with Crippen molar-refractivity contribution in [2.75, 3.05) is 11.9 Å². The number of carboxylic acid groups (broad SMARTS) is 1. The van der Waals surface area contributed by atoms with Crippen molar-refractivity contribution < 1.29 is 14.8 Å². The van der Waals surface area contributed by atoms with Crippen molar-refractivity contribution >= 4 is 34.9 Å². The summed E-state index contributed by atoms with van der Waals surface area (Å²) in [6.45, 7) is 2.19. The number of amides is 1. The lowest BCUT2D eigenvalue weighted by Crippen LogP contribution is -2.25.